The molecule has 2 aromatic rings. The van der Waals surface area contributed by atoms with Gasteiger partial charge in [0.2, 0.25) is 0 Å². The van der Waals surface area contributed by atoms with E-state index in [4.69, 9.17) is 14.2 Å². The van der Waals surface area contributed by atoms with Crippen LogP contribution in [0.1, 0.15) is 36.0 Å². The van der Waals surface area contributed by atoms with Gasteiger partial charge in [-0.05, 0) is 17.5 Å². The Labute approximate surface area is 136 Å². The number of benzene rings is 2. The second-order valence-corrected chi connectivity index (χ2v) is 5.43. The van der Waals surface area contributed by atoms with Crippen LogP contribution in [0.4, 0.5) is 0 Å². The molecule has 0 amide bonds. The molecule has 3 unspecified atom stereocenters. The second kappa shape index (κ2) is 6.94. The molecule has 0 bridgehead atoms. The summed E-state index contributed by atoms with van der Waals surface area (Å²) in [6.07, 6.45) is -0.947. The van der Waals surface area contributed by atoms with Crippen LogP contribution in [0.15, 0.2) is 54.6 Å². The van der Waals surface area contributed by atoms with E-state index >= 15 is 0 Å². The van der Waals surface area contributed by atoms with Crippen molar-refractivity contribution in [3.63, 3.8) is 0 Å². The molecule has 1 aliphatic heterocycles. The van der Waals surface area contributed by atoms with Gasteiger partial charge in [0, 0.05) is 5.56 Å². The minimum Gasteiger partial charge on any atom is -0.467 e. The van der Waals surface area contributed by atoms with Crippen molar-refractivity contribution in [2.45, 2.75) is 31.8 Å². The third-order valence-corrected chi connectivity index (χ3v) is 4.06. The summed E-state index contributed by atoms with van der Waals surface area (Å²) >= 11 is 0. The third kappa shape index (κ3) is 3.14. The average molecular weight is 312 g/mol. The van der Waals surface area contributed by atoms with Crippen LogP contribution >= 0.6 is 0 Å². The van der Waals surface area contributed by atoms with E-state index < -0.39 is 24.5 Å². The van der Waals surface area contributed by atoms with E-state index in [-0.39, 0.29) is 0 Å². The fourth-order valence-corrected chi connectivity index (χ4v) is 2.87. The van der Waals surface area contributed by atoms with Crippen LogP contribution in [0.25, 0.3) is 0 Å². The molecule has 4 heteroatoms. The number of ether oxygens (including phenoxy) is 3. The molecule has 1 heterocycles. The molecule has 0 aliphatic carbocycles. The molecule has 0 saturated carbocycles. The van der Waals surface area contributed by atoms with Gasteiger partial charge in [0.15, 0.2) is 12.4 Å². The lowest BCUT2D eigenvalue weighted by atomic mass is 9.97. The smallest absolute Gasteiger partial charge is 0.338 e. The molecule has 1 fully saturated rings. The summed E-state index contributed by atoms with van der Waals surface area (Å²) in [5.41, 5.74) is 3.01. The van der Waals surface area contributed by atoms with E-state index in [1.54, 1.807) is 0 Å². The molecule has 3 atom stereocenters. The highest BCUT2D eigenvalue weighted by atomic mass is 16.7. The molecule has 0 N–H and O–H groups in total. The average Bonchev–Trinajstić information content (AvgIpc) is 3.07. The number of hydrogen-bond acceptors (Lipinski definition) is 4. The van der Waals surface area contributed by atoms with Crippen molar-refractivity contribution in [3.8, 4) is 0 Å². The summed E-state index contributed by atoms with van der Waals surface area (Å²) in [6.45, 7) is 2.08. The molecule has 0 aromatic heterocycles. The molecule has 0 spiro atoms. The van der Waals surface area contributed by atoms with E-state index in [0.29, 0.717) is 0 Å². The van der Waals surface area contributed by atoms with Crippen LogP contribution in [-0.2, 0) is 25.4 Å². The Morgan fingerprint density at radius 1 is 1.04 bits per heavy atom. The van der Waals surface area contributed by atoms with Gasteiger partial charge < -0.3 is 14.2 Å². The highest BCUT2D eigenvalue weighted by molar-refractivity contribution is 5.76. The van der Waals surface area contributed by atoms with Crippen molar-refractivity contribution in [3.05, 3.63) is 71.3 Å². The van der Waals surface area contributed by atoms with Crippen LogP contribution in [0.3, 0.4) is 0 Å². The quantitative estimate of drug-likeness (QED) is 0.810. The zero-order chi connectivity index (χ0) is 16.2. The Hall–Kier alpha value is -2.17. The minimum atomic E-state index is -0.766. The summed E-state index contributed by atoms with van der Waals surface area (Å²) in [6, 6.07) is 17.6. The van der Waals surface area contributed by atoms with E-state index in [1.807, 2.05) is 54.6 Å². The number of carbonyl (C=O) groups excluding carboxylic acids is 1. The summed E-state index contributed by atoms with van der Waals surface area (Å²) in [4.78, 5) is 12.1. The van der Waals surface area contributed by atoms with Gasteiger partial charge in [-0.1, -0.05) is 61.5 Å². The number of carbonyl (C=O) groups is 1. The Morgan fingerprint density at radius 3 is 2.43 bits per heavy atom. The fraction of sp³-hybridized carbons (Fsp3) is 0.316. The van der Waals surface area contributed by atoms with Crippen LogP contribution in [-0.4, -0.2) is 19.2 Å². The van der Waals surface area contributed by atoms with Crippen LogP contribution < -0.4 is 0 Å². The maximum absolute atomic E-state index is 12.1. The lowest BCUT2D eigenvalue weighted by Crippen LogP contribution is -2.27. The first-order valence-electron chi connectivity index (χ1n) is 7.76. The predicted octanol–water partition coefficient (Wildman–Crippen LogP) is 3.58. The molecule has 1 aliphatic rings. The normalized spacial score (nSPS) is 23.7. The third-order valence-electron chi connectivity index (χ3n) is 4.06. The number of esters is 1. The molecule has 4 nitrogen and oxygen atoms in total. The molecule has 2 aromatic carbocycles. The number of hydrogen-bond donors (Lipinski definition) is 0. The monoisotopic (exact) mass is 312 g/mol. The molecule has 23 heavy (non-hydrogen) atoms. The Kier molecular flexibility index (Phi) is 4.74. The van der Waals surface area contributed by atoms with Crippen molar-refractivity contribution in [2.75, 3.05) is 7.11 Å². The maximum Gasteiger partial charge on any atom is 0.338 e. The van der Waals surface area contributed by atoms with Crippen LogP contribution in [0.2, 0.25) is 0 Å². The Bertz CT molecular complexity index is 668. The zero-order valence-electron chi connectivity index (χ0n) is 13.3. The lowest BCUT2D eigenvalue weighted by Gasteiger charge is -2.18. The minimum absolute atomic E-state index is 0.417. The van der Waals surface area contributed by atoms with E-state index in [9.17, 15) is 4.79 Å². The van der Waals surface area contributed by atoms with Crippen molar-refractivity contribution in [2.24, 2.45) is 0 Å². The van der Waals surface area contributed by atoms with Gasteiger partial charge in [0.05, 0.1) is 7.11 Å². The first kappa shape index (κ1) is 15.7. The first-order valence-corrected chi connectivity index (χ1v) is 7.76. The van der Waals surface area contributed by atoms with E-state index in [2.05, 4.69) is 6.92 Å². The fourth-order valence-electron chi connectivity index (χ4n) is 2.87. The standard InChI is InChI=1S/C19H20O4/c1-3-13-9-7-8-12-15(13)16-17(18(20)21-2)23-19(22-16)14-10-5-4-6-11-14/h4-12,16-17,19H,3H2,1-2H3. The molecule has 0 radical (unpaired) electrons. The van der Waals surface area contributed by atoms with Crippen LogP contribution in [0.5, 0.6) is 0 Å². The summed E-state index contributed by atoms with van der Waals surface area (Å²) < 4.78 is 16.9. The van der Waals surface area contributed by atoms with Crippen molar-refractivity contribution >= 4 is 5.97 Å². The van der Waals surface area contributed by atoms with Crippen LogP contribution in [0, 0.1) is 0 Å². The number of aryl methyl sites for hydroxylation is 1. The molecule has 1 saturated heterocycles. The van der Waals surface area contributed by atoms with Gasteiger partial charge in [0.1, 0.15) is 6.10 Å². The maximum atomic E-state index is 12.1. The zero-order valence-corrected chi connectivity index (χ0v) is 13.3. The van der Waals surface area contributed by atoms with Crippen molar-refractivity contribution < 1.29 is 19.0 Å². The summed E-state index contributed by atoms with van der Waals surface area (Å²) in [5.74, 6) is -0.417. The lowest BCUT2D eigenvalue weighted by molar-refractivity contribution is -0.154. The predicted molar refractivity (Wildman–Crippen MR) is 85.7 cm³/mol. The molecular weight excluding hydrogens is 292 g/mol. The Balaban J connectivity index is 1.94. The van der Waals surface area contributed by atoms with Gasteiger partial charge in [-0.2, -0.15) is 0 Å². The molecule has 120 valence electrons. The van der Waals surface area contributed by atoms with Gasteiger partial charge in [-0.15, -0.1) is 0 Å². The van der Waals surface area contributed by atoms with Crippen molar-refractivity contribution in [1.29, 1.82) is 0 Å². The Morgan fingerprint density at radius 2 is 1.74 bits per heavy atom. The SMILES string of the molecule is CCc1ccccc1C1OC(c2ccccc2)OC1C(=O)OC. The van der Waals surface area contributed by atoms with Gasteiger partial charge in [0.25, 0.3) is 0 Å². The molecule has 3 rings (SSSR count). The summed E-state index contributed by atoms with van der Waals surface area (Å²) in [5, 5.41) is 0. The van der Waals surface area contributed by atoms with E-state index in [1.165, 1.54) is 7.11 Å². The van der Waals surface area contributed by atoms with Gasteiger partial charge in [-0.25, -0.2) is 4.79 Å². The topological polar surface area (TPSA) is 44.8 Å². The largest absolute Gasteiger partial charge is 0.467 e. The second-order valence-electron chi connectivity index (χ2n) is 5.43. The molecular formula is C19H20O4. The number of rotatable bonds is 4. The van der Waals surface area contributed by atoms with E-state index in [0.717, 1.165) is 23.1 Å². The van der Waals surface area contributed by atoms with Gasteiger partial charge in [-0.3, -0.25) is 0 Å². The number of methoxy groups -OCH3 is 1. The first-order chi connectivity index (χ1) is 11.2. The highest BCUT2D eigenvalue weighted by Gasteiger charge is 2.43. The summed E-state index contributed by atoms with van der Waals surface area (Å²) in [7, 11) is 1.37. The highest BCUT2D eigenvalue weighted by Crippen LogP contribution is 2.41. The van der Waals surface area contributed by atoms with Crippen molar-refractivity contribution in [1.82, 2.24) is 0 Å². The van der Waals surface area contributed by atoms with Gasteiger partial charge >= 0.3 is 5.97 Å².